The zero-order valence-electron chi connectivity index (χ0n) is 10.9. The van der Waals surface area contributed by atoms with E-state index in [9.17, 15) is 0 Å². The number of methoxy groups -OCH3 is 2. The summed E-state index contributed by atoms with van der Waals surface area (Å²) in [4.78, 5) is 2.29. The molecule has 0 radical (unpaired) electrons. The summed E-state index contributed by atoms with van der Waals surface area (Å²) in [6, 6.07) is 7.76. The largest absolute Gasteiger partial charge is 0.495 e. The number of hydrogen-bond acceptors (Lipinski definition) is 3. The Balaban J connectivity index is 2.47. The summed E-state index contributed by atoms with van der Waals surface area (Å²) in [7, 11) is 3.15. The van der Waals surface area contributed by atoms with E-state index in [0.29, 0.717) is 16.5 Å². The Labute approximate surface area is 126 Å². The molecule has 1 aromatic heterocycles. The van der Waals surface area contributed by atoms with Crippen molar-refractivity contribution in [1.82, 2.24) is 0 Å². The van der Waals surface area contributed by atoms with Gasteiger partial charge < -0.3 is 9.47 Å². The Hall–Kier alpha value is -0.900. The molecule has 0 bridgehead atoms. The lowest BCUT2D eigenvalue weighted by atomic mass is 10.1. The standard InChI is InChI=1S/C14H14Cl2O2S/c1-8-4-7-11(19-8)12(15)9-5-6-10(17-2)13(16)14(9)18-3/h4-7,12H,1-3H3. The van der Waals surface area contributed by atoms with E-state index in [1.807, 2.05) is 18.2 Å². The van der Waals surface area contributed by atoms with Crippen LogP contribution in [0.25, 0.3) is 0 Å². The molecule has 0 aliphatic carbocycles. The summed E-state index contributed by atoms with van der Waals surface area (Å²) >= 11 is 14.4. The predicted molar refractivity (Wildman–Crippen MR) is 81.3 cm³/mol. The summed E-state index contributed by atoms with van der Waals surface area (Å²) in [6.07, 6.45) is 0. The first-order valence-electron chi connectivity index (χ1n) is 5.69. The molecule has 0 spiro atoms. The van der Waals surface area contributed by atoms with E-state index in [0.717, 1.165) is 10.4 Å². The summed E-state index contributed by atoms with van der Waals surface area (Å²) in [6.45, 7) is 2.05. The van der Waals surface area contributed by atoms with Crippen molar-refractivity contribution in [2.45, 2.75) is 12.3 Å². The molecule has 1 heterocycles. The number of alkyl halides is 1. The quantitative estimate of drug-likeness (QED) is 0.734. The third-order valence-corrected chi connectivity index (χ3v) is 4.82. The van der Waals surface area contributed by atoms with Gasteiger partial charge in [0, 0.05) is 15.3 Å². The van der Waals surface area contributed by atoms with Crippen LogP contribution in [0.15, 0.2) is 24.3 Å². The number of hydrogen-bond donors (Lipinski definition) is 0. The fourth-order valence-corrected chi connectivity index (χ4v) is 3.44. The van der Waals surface area contributed by atoms with E-state index in [4.69, 9.17) is 32.7 Å². The first kappa shape index (κ1) is 14.5. The molecule has 0 fully saturated rings. The lowest BCUT2D eigenvalue weighted by Gasteiger charge is -2.16. The Bertz CT molecular complexity index is 581. The molecule has 0 saturated carbocycles. The van der Waals surface area contributed by atoms with Gasteiger partial charge in [0.05, 0.1) is 19.6 Å². The van der Waals surface area contributed by atoms with Crippen LogP contribution in [0.3, 0.4) is 0 Å². The van der Waals surface area contributed by atoms with Crippen LogP contribution in [0.5, 0.6) is 11.5 Å². The summed E-state index contributed by atoms with van der Waals surface area (Å²) < 4.78 is 10.6. The highest BCUT2D eigenvalue weighted by Crippen LogP contribution is 2.44. The van der Waals surface area contributed by atoms with Crippen molar-refractivity contribution in [2.75, 3.05) is 14.2 Å². The molecular weight excluding hydrogens is 303 g/mol. The zero-order chi connectivity index (χ0) is 14.0. The molecule has 5 heteroatoms. The van der Waals surface area contributed by atoms with Gasteiger partial charge >= 0.3 is 0 Å². The smallest absolute Gasteiger partial charge is 0.146 e. The van der Waals surface area contributed by atoms with Crippen molar-refractivity contribution in [3.05, 3.63) is 44.6 Å². The van der Waals surface area contributed by atoms with Crippen molar-refractivity contribution in [2.24, 2.45) is 0 Å². The van der Waals surface area contributed by atoms with E-state index >= 15 is 0 Å². The molecule has 2 rings (SSSR count). The average molecular weight is 317 g/mol. The van der Waals surface area contributed by atoms with Gasteiger partial charge in [-0.05, 0) is 31.2 Å². The van der Waals surface area contributed by atoms with Crippen LogP contribution in [0.4, 0.5) is 0 Å². The third kappa shape index (κ3) is 2.83. The second-order valence-corrected chi connectivity index (χ2v) is 6.15. The van der Waals surface area contributed by atoms with Gasteiger partial charge in [0.25, 0.3) is 0 Å². The van der Waals surface area contributed by atoms with Gasteiger partial charge in [-0.15, -0.1) is 22.9 Å². The lowest BCUT2D eigenvalue weighted by molar-refractivity contribution is 0.392. The molecule has 1 aromatic carbocycles. The maximum atomic E-state index is 6.53. The zero-order valence-corrected chi connectivity index (χ0v) is 13.2. The number of thiophene rings is 1. The molecule has 2 aromatic rings. The SMILES string of the molecule is COc1ccc(C(Cl)c2ccc(C)s2)c(OC)c1Cl. The molecule has 0 aliphatic heterocycles. The fraction of sp³-hybridized carbons (Fsp3) is 0.286. The summed E-state index contributed by atoms with van der Waals surface area (Å²) in [5, 5.41) is 0.165. The van der Waals surface area contributed by atoms with Crippen molar-refractivity contribution >= 4 is 34.5 Å². The maximum absolute atomic E-state index is 6.53. The Kier molecular flexibility index (Phi) is 4.61. The van der Waals surface area contributed by atoms with E-state index in [2.05, 4.69) is 6.92 Å². The molecule has 1 atom stereocenters. The highest BCUT2D eigenvalue weighted by atomic mass is 35.5. The Morgan fingerprint density at radius 2 is 1.84 bits per heavy atom. The number of ether oxygens (including phenoxy) is 2. The lowest BCUT2D eigenvalue weighted by Crippen LogP contribution is -1.98. The molecule has 19 heavy (non-hydrogen) atoms. The normalized spacial score (nSPS) is 12.3. The topological polar surface area (TPSA) is 18.5 Å². The van der Waals surface area contributed by atoms with Gasteiger partial charge in [0.2, 0.25) is 0 Å². The molecule has 0 N–H and O–H groups in total. The van der Waals surface area contributed by atoms with Gasteiger partial charge in [-0.25, -0.2) is 0 Å². The number of aryl methyl sites for hydroxylation is 1. The Morgan fingerprint density at radius 3 is 2.37 bits per heavy atom. The molecule has 2 nitrogen and oxygen atoms in total. The van der Waals surface area contributed by atoms with Crippen LogP contribution in [-0.4, -0.2) is 14.2 Å². The van der Waals surface area contributed by atoms with Gasteiger partial charge in [0.15, 0.2) is 0 Å². The van der Waals surface area contributed by atoms with Crippen LogP contribution in [-0.2, 0) is 0 Å². The first-order chi connectivity index (χ1) is 9.08. The predicted octanol–water partition coefficient (Wildman–Crippen LogP) is 5.06. The van der Waals surface area contributed by atoms with Crippen LogP contribution in [0.1, 0.15) is 20.7 Å². The second-order valence-electron chi connectivity index (χ2n) is 4.02. The Morgan fingerprint density at radius 1 is 1.11 bits per heavy atom. The highest BCUT2D eigenvalue weighted by molar-refractivity contribution is 7.12. The van der Waals surface area contributed by atoms with Crippen molar-refractivity contribution < 1.29 is 9.47 Å². The number of halogens is 2. The number of benzene rings is 1. The van der Waals surface area contributed by atoms with Crippen LogP contribution >= 0.6 is 34.5 Å². The minimum atomic E-state index is -0.281. The van der Waals surface area contributed by atoms with E-state index in [1.165, 1.54) is 4.88 Å². The van der Waals surface area contributed by atoms with Crippen molar-refractivity contribution in [3.63, 3.8) is 0 Å². The minimum absolute atomic E-state index is 0.281. The fourth-order valence-electron chi connectivity index (χ4n) is 1.86. The van der Waals surface area contributed by atoms with Crippen molar-refractivity contribution in [3.8, 4) is 11.5 Å². The highest BCUT2D eigenvalue weighted by Gasteiger charge is 2.21. The molecular formula is C14H14Cl2O2S. The van der Waals surface area contributed by atoms with Gasteiger partial charge in [-0.3, -0.25) is 0 Å². The van der Waals surface area contributed by atoms with Gasteiger partial charge in [-0.2, -0.15) is 0 Å². The molecule has 0 amide bonds. The first-order valence-corrected chi connectivity index (χ1v) is 7.32. The summed E-state index contributed by atoms with van der Waals surface area (Å²) in [5.74, 6) is 1.14. The minimum Gasteiger partial charge on any atom is -0.495 e. The molecule has 1 unspecified atom stereocenters. The monoisotopic (exact) mass is 316 g/mol. The maximum Gasteiger partial charge on any atom is 0.146 e. The second kappa shape index (κ2) is 6.04. The summed E-state index contributed by atoms with van der Waals surface area (Å²) in [5.41, 5.74) is 0.844. The van der Waals surface area contributed by atoms with Gasteiger partial charge in [0.1, 0.15) is 16.5 Å². The molecule has 0 aliphatic rings. The van der Waals surface area contributed by atoms with Crippen LogP contribution in [0.2, 0.25) is 5.02 Å². The average Bonchev–Trinajstić information content (AvgIpc) is 2.84. The third-order valence-electron chi connectivity index (χ3n) is 2.80. The molecule has 102 valence electrons. The van der Waals surface area contributed by atoms with Crippen LogP contribution < -0.4 is 9.47 Å². The van der Waals surface area contributed by atoms with Crippen LogP contribution in [0, 0.1) is 6.92 Å². The van der Waals surface area contributed by atoms with E-state index in [1.54, 1.807) is 31.6 Å². The van der Waals surface area contributed by atoms with Crippen molar-refractivity contribution in [1.29, 1.82) is 0 Å². The van der Waals surface area contributed by atoms with Gasteiger partial charge in [-0.1, -0.05) is 11.6 Å². The van der Waals surface area contributed by atoms with E-state index < -0.39 is 0 Å². The molecule has 0 saturated heterocycles. The number of rotatable bonds is 4. The van der Waals surface area contributed by atoms with E-state index in [-0.39, 0.29) is 5.38 Å².